The highest BCUT2D eigenvalue weighted by Crippen LogP contribution is 2.35. The van der Waals surface area contributed by atoms with Crippen LogP contribution in [0.2, 0.25) is 0 Å². The molecule has 0 aliphatic carbocycles. The summed E-state index contributed by atoms with van der Waals surface area (Å²) in [6.45, 7) is 8.20. The minimum absolute atomic E-state index is 0.0682. The summed E-state index contributed by atoms with van der Waals surface area (Å²) in [5, 5.41) is 15.0. The minimum Gasteiger partial charge on any atom is -0.330 e. The average Bonchev–Trinajstić information content (AvgIpc) is 3.23. The molecule has 26 heavy (non-hydrogen) atoms. The Morgan fingerprint density at radius 1 is 1.23 bits per heavy atom. The second-order valence-corrected chi connectivity index (χ2v) is 8.22. The lowest BCUT2D eigenvalue weighted by atomic mass is 9.86. The first-order valence-electron chi connectivity index (χ1n) is 8.43. The number of thiophene rings is 1. The molecular formula is C19H23N5OS. The van der Waals surface area contributed by atoms with E-state index in [2.05, 4.69) is 46.6 Å². The molecule has 1 atom stereocenters. The summed E-state index contributed by atoms with van der Waals surface area (Å²) in [6.07, 6.45) is 0. The number of aromatic amines is 1. The summed E-state index contributed by atoms with van der Waals surface area (Å²) in [5.41, 5.74) is 1.44. The maximum atomic E-state index is 12.6. The van der Waals surface area contributed by atoms with Gasteiger partial charge in [0.25, 0.3) is 0 Å². The number of urea groups is 1. The van der Waals surface area contributed by atoms with Crippen molar-refractivity contribution >= 4 is 23.1 Å². The van der Waals surface area contributed by atoms with E-state index in [0.29, 0.717) is 11.5 Å². The average molecular weight is 369 g/mol. The van der Waals surface area contributed by atoms with Crippen LogP contribution in [-0.2, 0) is 0 Å². The number of aryl methyl sites for hydroxylation is 1. The van der Waals surface area contributed by atoms with Gasteiger partial charge in [-0.2, -0.15) is 5.10 Å². The molecule has 1 aromatic carbocycles. The van der Waals surface area contributed by atoms with Crippen LogP contribution in [0.1, 0.15) is 37.5 Å². The second kappa shape index (κ2) is 7.29. The van der Waals surface area contributed by atoms with Crippen LogP contribution in [0.3, 0.4) is 0 Å². The van der Waals surface area contributed by atoms with Gasteiger partial charge >= 0.3 is 6.03 Å². The predicted molar refractivity (Wildman–Crippen MR) is 105 cm³/mol. The van der Waals surface area contributed by atoms with Crippen molar-refractivity contribution in [1.82, 2.24) is 20.5 Å². The van der Waals surface area contributed by atoms with Crippen molar-refractivity contribution in [3.05, 3.63) is 52.5 Å². The fourth-order valence-corrected chi connectivity index (χ4v) is 3.70. The monoisotopic (exact) mass is 369 g/mol. The number of hydrogen-bond acceptors (Lipinski definition) is 4. The highest BCUT2D eigenvalue weighted by molar-refractivity contribution is 7.10. The first-order chi connectivity index (χ1) is 12.3. The standard InChI is InChI=1S/C19H23N5OS/c1-12-20-17(24-23-12)13-7-5-8-14(11-13)21-18(25)22-16(19(2,3)4)15-9-6-10-26-15/h5-11,16H,1-4H3,(H,20,23,24)(H2,21,22,25). The smallest absolute Gasteiger partial charge is 0.319 e. The summed E-state index contributed by atoms with van der Waals surface area (Å²) in [4.78, 5) is 18.0. The SMILES string of the molecule is Cc1nc(-c2cccc(NC(=O)NC(c3cccs3)C(C)(C)C)c2)n[nH]1. The summed E-state index contributed by atoms with van der Waals surface area (Å²) in [7, 11) is 0. The number of carbonyl (C=O) groups is 1. The molecule has 0 saturated heterocycles. The van der Waals surface area contributed by atoms with Crippen molar-refractivity contribution in [3.8, 4) is 11.4 Å². The molecule has 2 heterocycles. The predicted octanol–water partition coefficient (Wildman–Crippen LogP) is 4.75. The third kappa shape index (κ3) is 4.29. The topological polar surface area (TPSA) is 82.7 Å². The van der Waals surface area contributed by atoms with Gasteiger partial charge < -0.3 is 10.6 Å². The Hall–Kier alpha value is -2.67. The normalized spacial score (nSPS) is 12.6. The van der Waals surface area contributed by atoms with E-state index in [0.717, 1.165) is 16.3 Å². The highest BCUT2D eigenvalue weighted by Gasteiger charge is 2.28. The van der Waals surface area contributed by atoms with Gasteiger partial charge in [0.05, 0.1) is 6.04 Å². The van der Waals surface area contributed by atoms with Crippen LogP contribution in [-0.4, -0.2) is 21.2 Å². The van der Waals surface area contributed by atoms with Gasteiger partial charge in [0.2, 0.25) is 0 Å². The number of nitrogens with zero attached hydrogens (tertiary/aromatic N) is 2. The van der Waals surface area contributed by atoms with Crippen LogP contribution in [0.15, 0.2) is 41.8 Å². The van der Waals surface area contributed by atoms with Crippen LogP contribution in [0, 0.1) is 12.3 Å². The quantitative estimate of drug-likeness (QED) is 0.620. The van der Waals surface area contributed by atoms with E-state index in [1.54, 1.807) is 11.3 Å². The van der Waals surface area contributed by atoms with Crippen molar-refractivity contribution in [1.29, 1.82) is 0 Å². The van der Waals surface area contributed by atoms with Gasteiger partial charge in [-0.25, -0.2) is 9.78 Å². The first kappa shape index (κ1) is 18.1. The van der Waals surface area contributed by atoms with Gasteiger partial charge in [0.1, 0.15) is 5.82 Å². The Labute approximate surface area is 157 Å². The van der Waals surface area contributed by atoms with E-state index in [1.165, 1.54) is 0 Å². The zero-order valence-corrected chi connectivity index (χ0v) is 16.1. The number of carbonyl (C=O) groups excluding carboxylic acids is 1. The zero-order chi connectivity index (χ0) is 18.7. The fourth-order valence-electron chi connectivity index (χ4n) is 2.68. The van der Waals surface area contributed by atoms with Crippen molar-refractivity contribution in [2.24, 2.45) is 5.41 Å². The molecule has 3 aromatic rings. The molecule has 2 aromatic heterocycles. The summed E-state index contributed by atoms with van der Waals surface area (Å²) < 4.78 is 0. The lowest BCUT2D eigenvalue weighted by molar-refractivity contribution is 0.230. The zero-order valence-electron chi connectivity index (χ0n) is 15.3. The molecule has 6 nitrogen and oxygen atoms in total. The molecule has 7 heteroatoms. The Morgan fingerprint density at radius 2 is 2.04 bits per heavy atom. The van der Waals surface area contributed by atoms with Crippen molar-refractivity contribution in [2.45, 2.75) is 33.7 Å². The molecule has 1 unspecified atom stereocenters. The Morgan fingerprint density at radius 3 is 2.65 bits per heavy atom. The van der Waals surface area contributed by atoms with E-state index in [-0.39, 0.29) is 17.5 Å². The third-order valence-corrected chi connectivity index (χ3v) is 4.88. The van der Waals surface area contributed by atoms with E-state index >= 15 is 0 Å². The molecular weight excluding hydrogens is 346 g/mol. The van der Waals surface area contributed by atoms with Crippen LogP contribution >= 0.6 is 11.3 Å². The lowest BCUT2D eigenvalue weighted by Crippen LogP contribution is -2.38. The summed E-state index contributed by atoms with van der Waals surface area (Å²) in [6, 6.07) is 11.2. The largest absolute Gasteiger partial charge is 0.330 e. The van der Waals surface area contributed by atoms with Gasteiger partial charge in [-0.15, -0.1) is 11.3 Å². The number of rotatable bonds is 4. The number of anilines is 1. The molecule has 0 saturated carbocycles. The number of aromatic nitrogens is 3. The number of amides is 2. The van der Waals surface area contributed by atoms with Crippen molar-refractivity contribution < 1.29 is 4.79 Å². The van der Waals surface area contributed by atoms with Crippen molar-refractivity contribution in [3.63, 3.8) is 0 Å². The summed E-state index contributed by atoms with van der Waals surface area (Å²) in [5.74, 6) is 1.36. The number of benzene rings is 1. The summed E-state index contributed by atoms with van der Waals surface area (Å²) >= 11 is 1.65. The van der Waals surface area contributed by atoms with Crippen LogP contribution in [0.25, 0.3) is 11.4 Å². The van der Waals surface area contributed by atoms with Gasteiger partial charge in [-0.1, -0.05) is 39.0 Å². The maximum absolute atomic E-state index is 12.6. The molecule has 0 aliphatic rings. The molecule has 0 bridgehead atoms. The molecule has 2 amide bonds. The van der Waals surface area contributed by atoms with Gasteiger partial charge in [0, 0.05) is 16.1 Å². The lowest BCUT2D eigenvalue weighted by Gasteiger charge is -2.30. The number of H-pyrrole nitrogens is 1. The molecule has 0 spiro atoms. The van der Waals surface area contributed by atoms with E-state index in [9.17, 15) is 4.79 Å². The third-order valence-electron chi connectivity index (χ3n) is 3.95. The second-order valence-electron chi connectivity index (χ2n) is 7.24. The van der Waals surface area contributed by atoms with E-state index in [1.807, 2.05) is 48.7 Å². The number of nitrogens with one attached hydrogen (secondary N) is 3. The first-order valence-corrected chi connectivity index (χ1v) is 9.31. The highest BCUT2D eigenvalue weighted by atomic mass is 32.1. The Kier molecular flexibility index (Phi) is 5.08. The maximum Gasteiger partial charge on any atom is 0.319 e. The van der Waals surface area contributed by atoms with Gasteiger partial charge in [-0.3, -0.25) is 5.10 Å². The van der Waals surface area contributed by atoms with E-state index < -0.39 is 0 Å². The molecule has 3 rings (SSSR count). The minimum atomic E-state index is -0.235. The fraction of sp³-hybridized carbons (Fsp3) is 0.316. The van der Waals surface area contributed by atoms with Crippen LogP contribution in [0.5, 0.6) is 0 Å². The Balaban J connectivity index is 1.73. The molecule has 136 valence electrons. The van der Waals surface area contributed by atoms with E-state index in [4.69, 9.17) is 0 Å². The Bertz CT molecular complexity index is 879. The van der Waals surface area contributed by atoms with Crippen LogP contribution < -0.4 is 10.6 Å². The number of hydrogen-bond donors (Lipinski definition) is 3. The van der Waals surface area contributed by atoms with Crippen molar-refractivity contribution in [2.75, 3.05) is 5.32 Å². The molecule has 3 N–H and O–H groups in total. The molecule has 0 radical (unpaired) electrons. The molecule has 0 aliphatic heterocycles. The van der Waals surface area contributed by atoms with Gasteiger partial charge in [-0.05, 0) is 35.9 Å². The van der Waals surface area contributed by atoms with Gasteiger partial charge in [0.15, 0.2) is 5.82 Å². The van der Waals surface area contributed by atoms with Crippen LogP contribution in [0.4, 0.5) is 10.5 Å². The molecule has 0 fully saturated rings.